The molecule has 0 rings (SSSR count). The van der Waals surface area contributed by atoms with Crippen molar-refractivity contribution < 1.29 is 19.8 Å². The summed E-state index contributed by atoms with van der Waals surface area (Å²) in [5, 5.41) is 16.5. The SMILES string of the molecule is CCCCCCC(=O)O.CCCCCCCC(=O)O.CCCN(C)C.CCCN(C)C. The van der Waals surface area contributed by atoms with Gasteiger partial charge in [-0.2, -0.15) is 0 Å². The number of carboxylic acid groups (broad SMARTS) is 2. The zero-order chi connectivity index (χ0) is 24.9. The number of hydrogen-bond donors (Lipinski definition) is 2. The van der Waals surface area contributed by atoms with Gasteiger partial charge in [0, 0.05) is 12.8 Å². The summed E-state index contributed by atoms with van der Waals surface area (Å²) in [4.78, 5) is 24.4. The van der Waals surface area contributed by atoms with Crippen LogP contribution in [0.2, 0.25) is 0 Å². The minimum Gasteiger partial charge on any atom is -0.481 e. The molecule has 0 saturated heterocycles. The average molecular weight is 449 g/mol. The summed E-state index contributed by atoms with van der Waals surface area (Å²) in [5.74, 6) is -1.34. The number of carbonyl (C=O) groups is 2. The van der Waals surface area contributed by atoms with Gasteiger partial charge in [-0.05, 0) is 67.0 Å². The second-order valence-corrected chi connectivity index (χ2v) is 8.37. The van der Waals surface area contributed by atoms with Crippen LogP contribution >= 0.6 is 0 Å². The first-order valence-corrected chi connectivity index (χ1v) is 12.3. The van der Waals surface area contributed by atoms with Crippen molar-refractivity contribution in [3.8, 4) is 0 Å². The number of unbranched alkanes of at least 4 members (excludes halogenated alkanes) is 7. The molecule has 0 spiro atoms. The molecule has 0 aliphatic rings. The number of rotatable bonds is 15. The van der Waals surface area contributed by atoms with Crippen LogP contribution in [0.15, 0.2) is 0 Å². The van der Waals surface area contributed by atoms with Crippen LogP contribution in [0.25, 0.3) is 0 Å². The average Bonchev–Trinajstić information content (AvgIpc) is 2.66. The highest BCUT2D eigenvalue weighted by Gasteiger charge is 1.95. The van der Waals surface area contributed by atoms with Crippen molar-refractivity contribution >= 4 is 11.9 Å². The second-order valence-electron chi connectivity index (χ2n) is 8.37. The maximum absolute atomic E-state index is 10.0. The maximum Gasteiger partial charge on any atom is 0.303 e. The van der Waals surface area contributed by atoms with Gasteiger partial charge in [-0.1, -0.05) is 72.6 Å². The van der Waals surface area contributed by atoms with E-state index >= 15 is 0 Å². The van der Waals surface area contributed by atoms with Crippen LogP contribution in [0, 0.1) is 0 Å². The molecule has 6 heteroatoms. The summed E-state index contributed by atoms with van der Waals surface area (Å²) in [7, 11) is 8.35. The molecule has 2 N–H and O–H groups in total. The fraction of sp³-hybridized carbons (Fsp3) is 0.920. The summed E-state index contributed by atoms with van der Waals surface area (Å²) in [6.07, 6.45) is 13.0. The Hall–Kier alpha value is -1.14. The third-order valence-corrected chi connectivity index (χ3v) is 4.08. The van der Waals surface area contributed by atoms with Gasteiger partial charge in [0.1, 0.15) is 0 Å². The van der Waals surface area contributed by atoms with E-state index in [4.69, 9.17) is 10.2 Å². The van der Waals surface area contributed by atoms with E-state index in [1.54, 1.807) is 0 Å². The van der Waals surface area contributed by atoms with E-state index in [0.29, 0.717) is 12.8 Å². The highest BCUT2D eigenvalue weighted by molar-refractivity contribution is 5.66. The number of carboxylic acids is 2. The number of aliphatic carboxylic acids is 2. The summed E-state index contributed by atoms with van der Waals surface area (Å²) >= 11 is 0. The van der Waals surface area contributed by atoms with E-state index in [9.17, 15) is 9.59 Å². The molecule has 0 aromatic carbocycles. The predicted molar refractivity (Wildman–Crippen MR) is 135 cm³/mol. The van der Waals surface area contributed by atoms with E-state index in [1.165, 1.54) is 51.6 Å². The van der Waals surface area contributed by atoms with Crippen LogP contribution in [-0.2, 0) is 9.59 Å². The smallest absolute Gasteiger partial charge is 0.303 e. The molecule has 0 unspecified atom stereocenters. The van der Waals surface area contributed by atoms with Crippen molar-refractivity contribution in [3.05, 3.63) is 0 Å². The first kappa shape index (κ1) is 37.2. The van der Waals surface area contributed by atoms with Gasteiger partial charge in [-0.15, -0.1) is 0 Å². The lowest BCUT2D eigenvalue weighted by molar-refractivity contribution is -0.138. The van der Waals surface area contributed by atoms with Crippen LogP contribution < -0.4 is 0 Å². The second kappa shape index (κ2) is 33.5. The molecule has 190 valence electrons. The lowest BCUT2D eigenvalue weighted by Crippen LogP contribution is -2.11. The zero-order valence-corrected chi connectivity index (χ0v) is 22.2. The van der Waals surface area contributed by atoms with Gasteiger partial charge >= 0.3 is 11.9 Å². The molecule has 0 aromatic heterocycles. The van der Waals surface area contributed by atoms with E-state index < -0.39 is 11.9 Å². The van der Waals surface area contributed by atoms with Gasteiger partial charge in [0.25, 0.3) is 0 Å². The molecular formula is C25H56N2O4. The highest BCUT2D eigenvalue weighted by Crippen LogP contribution is 2.04. The van der Waals surface area contributed by atoms with Gasteiger partial charge in [-0.25, -0.2) is 0 Å². The summed E-state index contributed by atoms with van der Waals surface area (Å²) in [6, 6.07) is 0. The van der Waals surface area contributed by atoms with Crippen molar-refractivity contribution in [1.29, 1.82) is 0 Å². The van der Waals surface area contributed by atoms with Crippen molar-refractivity contribution in [2.24, 2.45) is 0 Å². The molecule has 0 bridgehead atoms. The van der Waals surface area contributed by atoms with E-state index in [2.05, 4.69) is 65.7 Å². The van der Waals surface area contributed by atoms with Crippen molar-refractivity contribution in [3.63, 3.8) is 0 Å². The van der Waals surface area contributed by atoms with E-state index in [-0.39, 0.29) is 0 Å². The zero-order valence-electron chi connectivity index (χ0n) is 22.2. The van der Waals surface area contributed by atoms with Crippen LogP contribution in [-0.4, -0.2) is 73.2 Å². The molecule has 0 saturated carbocycles. The Bertz CT molecular complexity index is 338. The molecule has 0 aromatic rings. The minimum absolute atomic E-state index is 0.333. The molecule has 0 aliphatic carbocycles. The number of nitrogens with zero attached hydrogens (tertiary/aromatic N) is 2. The van der Waals surface area contributed by atoms with E-state index in [0.717, 1.165) is 32.1 Å². The molecular weight excluding hydrogens is 392 g/mol. The molecule has 0 radical (unpaired) electrons. The standard InChI is InChI=1S/C8H16O2.C7H14O2.2C5H13N/c1-2-3-4-5-6-7-8(9)10;1-2-3-4-5-6-7(8)9;2*1-4-5-6(2)3/h2-7H2,1H3,(H,9,10);2-6H2,1H3,(H,8,9);2*4-5H2,1-3H3. The predicted octanol–water partition coefficient (Wildman–Crippen LogP) is 6.39. The molecule has 0 fully saturated rings. The largest absolute Gasteiger partial charge is 0.481 e. The topological polar surface area (TPSA) is 81.1 Å². The quantitative estimate of drug-likeness (QED) is 0.283. The van der Waals surface area contributed by atoms with Crippen molar-refractivity contribution in [2.45, 2.75) is 111 Å². The van der Waals surface area contributed by atoms with Crippen LogP contribution in [0.4, 0.5) is 0 Å². The third-order valence-electron chi connectivity index (χ3n) is 4.08. The molecule has 6 nitrogen and oxygen atoms in total. The Morgan fingerprint density at radius 3 is 1.00 bits per heavy atom. The molecule has 0 amide bonds. The van der Waals surface area contributed by atoms with Gasteiger partial charge in [0.15, 0.2) is 0 Å². The number of hydrogen-bond acceptors (Lipinski definition) is 4. The third kappa shape index (κ3) is 65.3. The van der Waals surface area contributed by atoms with Gasteiger partial charge in [-0.3, -0.25) is 9.59 Å². The lowest BCUT2D eigenvalue weighted by atomic mass is 10.1. The lowest BCUT2D eigenvalue weighted by Gasteiger charge is -2.03. The van der Waals surface area contributed by atoms with Gasteiger partial charge < -0.3 is 20.0 Å². The van der Waals surface area contributed by atoms with Crippen molar-refractivity contribution in [1.82, 2.24) is 9.80 Å². The molecule has 0 atom stereocenters. The Morgan fingerprint density at radius 2 is 0.806 bits per heavy atom. The fourth-order valence-electron chi connectivity index (χ4n) is 2.48. The Kier molecular flexibility index (Phi) is 40.2. The maximum atomic E-state index is 10.0. The van der Waals surface area contributed by atoms with Crippen LogP contribution in [0.1, 0.15) is 111 Å². The van der Waals surface area contributed by atoms with Gasteiger partial charge in [0.05, 0.1) is 0 Å². The fourth-order valence-corrected chi connectivity index (χ4v) is 2.48. The van der Waals surface area contributed by atoms with Crippen LogP contribution in [0.3, 0.4) is 0 Å². The van der Waals surface area contributed by atoms with Gasteiger partial charge in [0.2, 0.25) is 0 Å². The minimum atomic E-state index is -0.675. The molecule has 0 heterocycles. The Balaban J connectivity index is -0.000000161. The summed E-state index contributed by atoms with van der Waals surface area (Å²) in [5.41, 5.74) is 0. The highest BCUT2D eigenvalue weighted by atomic mass is 16.4. The van der Waals surface area contributed by atoms with Crippen LogP contribution in [0.5, 0.6) is 0 Å². The summed E-state index contributed by atoms with van der Waals surface area (Å²) < 4.78 is 0. The first-order chi connectivity index (χ1) is 14.6. The monoisotopic (exact) mass is 448 g/mol. The molecule has 0 aliphatic heterocycles. The first-order valence-electron chi connectivity index (χ1n) is 12.3. The normalized spacial score (nSPS) is 9.74. The Morgan fingerprint density at radius 1 is 0.516 bits per heavy atom. The van der Waals surface area contributed by atoms with E-state index in [1.807, 2.05) is 0 Å². The molecule has 31 heavy (non-hydrogen) atoms. The van der Waals surface area contributed by atoms with Crippen molar-refractivity contribution in [2.75, 3.05) is 41.3 Å². The Labute approximate surface area is 194 Å². The summed E-state index contributed by atoms with van der Waals surface area (Å²) in [6.45, 7) is 11.0.